The summed E-state index contributed by atoms with van der Waals surface area (Å²) < 4.78 is 88.8. The fraction of sp³-hybridized carbons (Fsp3) is 0.370. The Labute approximate surface area is 712 Å². The Morgan fingerprint density at radius 1 is 0.463 bits per heavy atom. The van der Waals surface area contributed by atoms with Crippen LogP contribution in [0.15, 0.2) is 133 Å². The summed E-state index contributed by atoms with van der Waals surface area (Å²) >= 11 is 8.14. The summed E-state index contributed by atoms with van der Waals surface area (Å²) in [6, 6.07) is 40.6. The van der Waals surface area contributed by atoms with Gasteiger partial charge in [-0.25, -0.2) is 19.9 Å². The maximum absolute atomic E-state index is 12.5. The third-order valence-electron chi connectivity index (χ3n) is 19.2. The minimum Gasteiger partial charge on any atom is -0.406 e. The molecular weight excluding hydrogens is 1680 g/mol. The molecule has 4 saturated heterocycles. The number of nitro groups is 2. The van der Waals surface area contributed by atoms with Crippen LogP contribution < -0.4 is 36.5 Å². The molecule has 4 unspecified atom stereocenters. The topological polar surface area (TPSA) is 424 Å². The number of nitrogens with zero attached hydrogens (tertiary/aromatic N) is 12. The van der Waals surface area contributed by atoms with E-state index in [4.69, 9.17) is 75.2 Å². The maximum atomic E-state index is 12.5. The number of likely N-dealkylation sites (N-methyl/N-ethyl adjacent to an activating group) is 4. The standard InChI is InChI=1S/C22H22F3N5OS.C20H18F3N5OS.C13H19N3O2.C13H21N3.C8H8ClNO2.5CO2/c1-3-13-4-7-18-17(10-13)26-20(30(18)14-8-9-29(2)12-14)28-21-27-16-6-5-15(11-19(16)32-21)31-22(23,24)25;1-27-9-8-12(11-27)28-16-5-3-2-4-14(16)24-18(28)26-19-25-15-7-6-13(10-17(15)30-19)29-20(21,22)23;1-3-10-4-5-12(13(8-10)16(17)18)14-11-6-7-15(2)9-11;1-3-10-4-5-13(12(14)8-10)15-11-6-7-16(2)9-11;1-2-6-3-4-7(9)8(5-6)10(11)12;5*2-1-3/h4-7,10-11,14H,3,8-9,12H2,1-2H3,(H,26,27,28);2-7,10,12H,8-9,11H2,1H3,(H,24,25,26);4-5,8,11,14H,3,6-7,9H2,1-2H3;4-5,8,11,15H,3,6-7,9,14H2,1-2H3;3-5H,2H2,1H3;;;;;. The van der Waals surface area contributed by atoms with E-state index in [0.717, 1.165) is 135 Å². The highest BCUT2D eigenvalue weighted by molar-refractivity contribution is 7.22. The minimum absolute atomic E-state index is 0.0176. The summed E-state index contributed by atoms with van der Waals surface area (Å²) in [4.78, 5) is 130. The predicted molar refractivity (Wildman–Crippen MR) is 445 cm³/mol. The lowest BCUT2D eigenvalue weighted by Crippen LogP contribution is -2.23. The maximum Gasteiger partial charge on any atom is 0.573 e. The van der Waals surface area contributed by atoms with Crippen LogP contribution in [-0.4, -0.2) is 195 Å². The van der Waals surface area contributed by atoms with E-state index < -0.39 is 17.6 Å². The first kappa shape index (κ1) is 99.1. The molecule has 0 amide bonds. The number of nitrogen functional groups attached to an aromatic ring is 1. The van der Waals surface area contributed by atoms with Gasteiger partial charge in [0.1, 0.15) is 22.2 Å². The molecule has 4 atom stereocenters. The van der Waals surface area contributed by atoms with Crippen molar-refractivity contribution in [3.8, 4) is 11.5 Å². The highest BCUT2D eigenvalue weighted by Crippen LogP contribution is 2.40. The molecule has 4 aromatic heterocycles. The second-order valence-electron chi connectivity index (χ2n) is 27.7. The van der Waals surface area contributed by atoms with Gasteiger partial charge < -0.3 is 65.2 Å². The first-order valence-electron chi connectivity index (χ1n) is 37.8. The number of ether oxygens (including phenoxy) is 2. The molecule has 0 aliphatic carbocycles. The summed E-state index contributed by atoms with van der Waals surface area (Å²) in [7, 11) is 8.43. The molecule has 0 spiro atoms. The number of para-hydroxylation sites is 2. The van der Waals surface area contributed by atoms with E-state index in [1.165, 1.54) is 89.2 Å². The summed E-state index contributed by atoms with van der Waals surface area (Å²) in [5.74, 6) is 0.863. The molecular formula is C81H88ClF6N17O16S2. The minimum atomic E-state index is -4.73. The number of likely N-dealkylation sites (tertiary alicyclic amines) is 4. The second-order valence-corrected chi connectivity index (χ2v) is 30.1. The van der Waals surface area contributed by atoms with E-state index in [1.807, 2.05) is 50.2 Å². The van der Waals surface area contributed by atoms with Gasteiger partial charge in [-0.05, 0) is 201 Å². The fourth-order valence-corrected chi connectivity index (χ4v) is 15.5. The van der Waals surface area contributed by atoms with Gasteiger partial charge in [0.25, 0.3) is 11.4 Å². The van der Waals surface area contributed by atoms with Crippen LogP contribution in [0.25, 0.3) is 42.5 Å². The van der Waals surface area contributed by atoms with Crippen molar-refractivity contribution >= 4 is 158 Å². The molecule has 7 aromatic carbocycles. The molecule has 11 aromatic rings. The van der Waals surface area contributed by atoms with Gasteiger partial charge in [0.15, 0.2) is 10.3 Å². The van der Waals surface area contributed by atoms with Crippen LogP contribution in [0, 0.1) is 20.2 Å². The average Bonchev–Trinajstić information content (AvgIpc) is 1.63. The number of aryl methyl sites for hydroxylation is 4. The van der Waals surface area contributed by atoms with Crippen molar-refractivity contribution in [3.63, 3.8) is 0 Å². The zero-order valence-corrected chi connectivity index (χ0v) is 70.2. The summed E-state index contributed by atoms with van der Waals surface area (Å²) in [6.45, 7) is 16.3. The number of rotatable bonds is 18. The molecule has 123 heavy (non-hydrogen) atoms. The number of halogens is 7. The van der Waals surface area contributed by atoms with Gasteiger partial charge in [0, 0.05) is 62.5 Å². The molecule has 42 heteroatoms. The highest BCUT2D eigenvalue weighted by Gasteiger charge is 2.34. The summed E-state index contributed by atoms with van der Waals surface area (Å²) in [6.07, 6.45) is -0.378. The van der Waals surface area contributed by atoms with Gasteiger partial charge in [-0.2, -0.15) is 47.9 Å². The van der Waals surface area contributed by atoms with Crippen molar-refractivity contribution in [2.45, 2.75) is 116 Å². The lowest BCUT2D eigenvalue weighted by molar-refractivity contribution is -0.384. The number of carbonyl (C=O) groups excluding carboxylic acids is 10. The second kappa shape index (κ2) is 48.6. The third-order valence-corrected chi connectivity index (χ3v) is 21.3. The van der Waals surface area contributed by atoms with Crippen LogP contribution in [-0.2, 0) is 73.6 Å². The number of hydrogen-bond acceptors (Lipinski definition) is 31. The van der Waals surface area contributed by atoms with E-state index >= 15 is 0 Å². The van der Waals surface area contributed by atoms with E-state index in [1.54, 1.807) is 18.2 Å². The van der Waals surface area contributed by atoms with Gasteiger partial charge in [0.05, 0.1) is 75.8 Å². The number of fused-ring (bicyclic) bond motifs is 4. The van der Waals surface area contributed by atoms with Crippen molar-refractivity contribution in [2.24, 2.45) is 0 Å². The summed E-state index contributed by atoms with van der Waals surface area (Å²) in [5.41, 5.74) is 18.3. The van der Waals surface area contributed by atoms with Crippen LogP contribution in [0.2, 0.25) is 5.02 Å². The Morgan fingerprint density at radius 2 is 0.837 bits per heavy atom. The first-order chi connectivity index (χ1) is 58.6. The number of thiazole rings is 2. The van der Waals surface area contributed by atoms with Gasteiger partial charge in [-0.3, -0.25) is 20.2 Å². The molecule has 654 valence electrons. The van der Waals surface area contributed by atoms with Gasteiger partial charge in [-0.1, -0.05) is 98.4 Å². The van der Waals surface area contributed by atoms with Gasteiger partial charge >= 0.3 is 43.5 Å². The Hall–Kier alpha value is -12.7. The Morgan fingerprint density at radius 3 is 1.24 bits per heavy atom. The molecule has 15 rings (SSSR count). The predicted octanol–water partition coefficient (Wildman–Crippen LogP) is 15.0. The van der Waals surface area contributed by atoms with Crippen molar-refractivity contribution in [1.29, 1.82) is 0 Å². The van der Waals surface area contributed by atoms with Crippen LogP contribution >= 0.6 is 34.3 Å². The molecule has 0 saturated carbocycles. The van der Waals surface area contributed by atoms with E-state index in [2.05, 4.69) is 148 Å². The number of benzene rings is 7. The zero-order chi connectivity index (χ0) is 90.7. The largest absolute Gasteiger partial charge is 0.573 e. The van der Waals surface area contributed by atoms with Crippen LogP contribution in [0.4, 0.5) is 76.9 Å². The molecule has 0 bridgehead atoms. The Balaban J connectivity index is 0.000000236. The van der Waals surface area contributed by atoms with Crippen LogP contribution in [0.1, 0.15) is 87.7 Å². The lowest BCUT2D eigenvalue weighted by Gasteiger charge is -2.17. The van der Waals surface area contributed by atoms with Gasteiger partial charge in [0.2, 0.25) is 11.9 Å². The molecule has 4 aliphatic heterocycles. The molecule has 8 heterocycles. The molecule has 4 aliphatic rings. The number of anilines is 7. The van der Waals surface area contributed by atoms with Crippen molar-refractivity contribution in [1.82, 2.24) is 48.7 Å². The number of aromatic nitrogens is 6. The smallest absolute Gasteiger partial charge is 0.406 e. The normalized spacial score (nSPS) is 15.9. The average molecular weight is 1770 g/mol. The van der Waals surface area contributed by atoms with Crippen LogP contribution in [0.5, 0.6) is 11.5 Å². The number of imidazole rings is 2. The monoisotopic (exact) mass is 1770 g/mol. The third kappa shape index (κ3) is 30.7. The number of hydrogen-bond donors (Lipinski definition) is 5. The number of nitrogens with two attached hydrogens (primary N) is 1. The molecule has 0 radical (unpaired) electrons. The van der Waals surface area contributed by atoms with Gasteiger partial charge in [-0.15, -0.1) is 26.3 Å². The Kier molecular flexibility index (Phi) is 39.2. The number of nitrogens with one attached hydrogen (secondary N) is 4. The van der Waals surface area contributed by atoms with Crippen molar-refractivity contribution < 1.29 is 93.6 Å². The quantitative estimate of drug-likeness (QED) is 0.0230. The molecule has 33 nitrogen and oxygen atoms in total. The molecule has 6 N–H and O–H groups in total. The lowest BCUT2D eigenvalue weighted by atomic mass is 10.1. The number of alkyl halides is 6. The van der Waals surface area contributed by atoms with E-state index in [-0.39, 0.29) is 75.7 Å². The first-order valence-corrected chi connectivity index (χ1v) is 39.8. The molecule has 4 fully saturated rings. The highest BCUT2D eigenvalue weighted by atomic mass is 35.5. The van der Waals surface area contributed by atoms with E-state index in [9.17, 15) is 46.6 Å². The van der Waals surface area contributed by atoms with Crippen LogP contribution in [0.3, 0.4) is 0 Å². The Bertz CT molecular complexity index is 5440. The zero-order valence-electron chi connectivity index (χ0n) is 67.8. The fourth-order valence-electron chi connectivity index (χ4n) is 13.6. The van der Waals surface area contributed by atoms with E-state index in [0.29, 0.717) is 60.4 Å². The number of nitro benzene ring substituents is 2. The van der Waals surface area contributed by atoms with Crippen molar-refractivity contribution in [3.05, 3.63) is 181 Å². The SMILES string of the molecule is CCc1ccc(Cl)c([N+](=O)[O-])c1.CCc1ccc(NC2CCN(C)C2)c(N)c1.CCc1ccc(NC2CCN(C)C2)c([N+](=O)[O-])c1.CCc1ccc2c(c1)nc(Nc1nc3ccc(OC(F)(F)F)cc3s1)n2C1CCN(C)C1.CN1CCC(n2c(Nc3nc4ccc(OC(F)(F)F)cc4s3)nc3ccccc32)C1.O=C=O.O=C=O.O=C=O.O=C=O.O=C=O. The summed E-state index contributed by atoms with van der Waals surface area (Å²) in [5, 5.41) is 36.3. The van der Waals surface area contributed by atoms with Crippen molar-refractivity contribution in [2.75, 3.05) is 108 Å².